The summed E-state index contributed by atoms with van der Waals surface area (Å²) in [5, 5.41) is 6.78. The first-order valence-corrected chi connectivity index (χ1v) is 5.95. The van der Waals surface area contributed by atoms with Crippen molar-refractivity contribution in [1.82, 2.24) is 5.32 Å². The third-order valence-electron chi connectivity index (χ3n) is 2.99. The van der Waals surface area contributed by atoms with Crippen LogP contribution in [0.2, 0.25) is 0 Å². The molecule has 1 heterocycles. The van der Waals surface area contributed by atoms with Crippen molar-refractivity contribution in [3.05, 3.63) is 29.8 Å². The van der Waals surface area contributed by atoms with E-state index in [9.17, 15) is 4.79 Å². The largest absolute Gasteiger partial charge is 0.465 e. The minimum Gasteiger partial charge on any atom is -0.465 e. The van der Waals surface area contributed by atoms with E-state index in [4.69, 9.17) is 4.74 Å². The summed E-state index contributed by atoms with van der Waals surface area (Å²) in [5.74, 6) is -0.293. The summed E-state index contributed by atoms with van der Waals surface area (Å²) < 4.78 is 4.70. The van der Waals surface area contributed by atoms with E-state index in [2.05, 4.69) is 10.6 Å². The van der Waals surface area contributed by atoms with Gasteiger partial charge in [0.25, 0.3) is 0 Å². The van der Waals surface area contributed by atoms with E-state index in [1.54, 1.807) is 6.07 Å². The van der Waals surface area contributed by atoms with Gasteiger partial charge in [0.15, 0.2) is 0 Å². The molecule has 5 heteroatoms. The van der Waals surface area contributed by atoms with Crippen LogP contribution in [-0.2, 0) is 4.74 Å². The summed E-state index contributed by atoms with van der Waals surface area (Å²) >= 11 is 0. The van der Waals surface area contributed by atoms with Crippen molar-refractivity contribution in [2.45, 2.75) is 18.9 Å². The molecule has 0 spiro atoms. The van der Waals surface area contributed by atoms with Gasteiger partial charge in [0.1, 0.15) is 0 Å². The predicted octanol–water partition coefficient (Wildman–Crippen LogP) is 2.06. The lowest BCUT2D eigenvalue weighted by Crippen LogP contribution is -2.35. The summed E-state index contributed by atoms with van der Waals surface area (Å²) in [4.78, 5) is 11.4. The third-order valence-corrected chi connectivity index (χ3v) is 2.99. The fourth-order valence-electron chi connectivity index (χ4n) is 2.06. The quantitative estimate of drug-likeness (QED) is 0.826. The Balaban J connectivity index is 0.00000162. The Hall–Kier alpha value is -1.26. The average Bonchev–Trinajstić information content (AvgIpc) is 2.39. The summed E-state index contributed by atoms with van der Waals surface area (Å²) in [6.07, 6.45) is 2.23. The van der Waals surface area contributed by atoms with E-state index in [1.807, 2.05) is 18.2 Å². The van der Waals surface area contributed by atoms with Crippen molar-refractivity contribution in [2.24, 2.45) is 0 Å². The van der Waals surface area contributed by atoms with Crippen LogP contribution in [0.25, 0.3) is 0 Å². The molecule has 2 rings (SSSR count). The number of carbonyl (C=O) groups excluding carboxylic acids is 1. The second-order valence-corrected chi connectivity index (χ2v) is 4.24. The number of halogens is 1. The van der Waals surface area contributed by atoms with Crippen molar-refractivity contribution in [3.63, 3.8) is 0 Å². The van der Waals surface area contributed by atoms with Gasteiger partial charge in [-0.15, -0.1) is 12.4 Å². The molecule has 0 bridgehead atoms. The van der Waals surface area contributed by atoms with Gasteiger partial charge in [-0.05, 0) is 44.1 Å². The van der Waals surface area contributed by atoms with Crippen LogP contribution in [0.4, 0.5) is 5.69 Å². The lowest BCUT2D eigenvalue weighted by atomic mass is 10.1. The molecule has 0 aromatic heterocycles. The van der Waals surface area contributed by atoms with Gasteiger partial charge in [-0.3, -0.25) is 0 Å². The summed E-state index contributed by atoms with van der Waals surface area (Å²) in [5.41, 5.74) is 1.58. The zero-order valence-electron chi connectivity index (χ0n) is 10.4. The van der Waals surface area contributed by atoms with Gasteiger partial charge in [0.2, 0.25) is 0 Å². The van der Waals surface area contributed by atoms with Crippen LogP contribution in [0.5, 0.6) is 0 Å². The number of piperidine rings is 1. The molecular weight excluding hydrogens is 252 g/mol. The fourth-order valence-corrected chi connectivity index (χ4v) is 2.06. The number of hydrogen-bond donors (Lipinski definition) is 2. The highest BCUT2D eigenvalue weighted by Gasteiger charge is 2.13. The van der Waals surface area contributed by atoms with Crippen molar-refractivity contribution in [3.8, 4) is 0 Å². The van der Waals surface area contributed by atoms with Crippen LogP contribution in [0.3, 0.4) is 0 Å². The van der Waals surface area contributed by atoms with Crippen molar-refractivity contribution in [1.29, 1.82) is 0 Å². The second kappa shape index (κ2) is 7.24. The molecule has 0 unspecified atom stereocenters. The first-order chi connectivity index (χ1) is 8.29. The summed E-state index contributed by atoms with van der Waals surface area (Å²) in [7, 11) is 1.40. The second-order valence-electron chi connectivity index (χ2n) is 4.24. The molecule has 18 heavy (non-hydrogen) atoms. The molecule has 0 aliphatic carbocycles. The first kappa shape index (κ1) is 14.8. The molecule has 1 aromatic rings. The topological polar surface area (TPSA) is 50.4 Å². The number of hydrogen-bond acceptors (Lipinski definition) is 4. The van der Waals surface area contributed by atoms with Crippen LogP contribution >= 0.6 is 12.4 Å². The number of nitrogens with one attached hydrogen (secondary N) is 2. The maximum Gasteiger partial charge on any atom is 0.337 e. The fraction of sp³-hybridized carbons (Fsp3) is 0.462. The smallest absolute Gasteiger partial charge is 0.337 e. The number of anilines is 1. The van der Waals surface area contributed by atoms with Crippen LogP contribution in [0.1, 0.15) is 23.2 Å². The highest BCUT2D eigenvalue weighted by atomic mass is 35.5. The number of methoxy groups -OCH3 is 1. The van der Waals surface area contributed by atoms with Crippen LogP contribution in [-0.4, -0.2) is 32.2 Å². The van der Waals surface area contributed by atoms with Gasteiger partial charge < -0.3 is 15.4 Å². The van der Waals surface area contributed by atoms with E-state index < -0.39 is 0 Å². The summed E-state index contributed by atoms with van der Waals surface area (Å²) in [6.45, 7) is 2.10. The number of carbonyl (C=O) groups is 1. The Morgan fingerprint density at radius 1 is 1.39 bits per heavy atom. The number of benzene rings is 1. The highest BCUT2D eigenvalue weighted by Crippen LogP contribution is 2.15. The molecule has 0 atom stereocenters. The maximum absolute atomic E-state index is 11.4. The van der Waals surface area contributed by atoms with Crippen molar-refractivity contribution < 1.29 is 9.53 Å². The van der Waals surface area contributed by atoms with Gasteiger partial charge in [-0.1, -0.05) is 6.07 Å². The van der Waals surface area contributed by atoms with Crippen molar-refractivity contribution in [2.75, 3.05) is 25.5 Å². The van der Waals surface area contributed by atoms with E-state index >= 15 is 0 Å². The molecule has 2 N–H and O–H groups in total. The predicted molar refractivity (Wildman–Crippen MR) is 74.5 cm³/mol. The molecule has 0 radical (unpaired) electrons. The van der Waals surface area contributed by atoms with E-state index in [0.717, 1.165) is 31.6 Å². The molecular formula is C13H19ClN2O2. The minimum atomic E-state index is -0.293. The lowest BCUT2D eigenvalue weighted by Gasteiger charge is -2.24. The molecule has 1 fully saturated rings. The molecule has 1 saturated heterocycles. The monoisotopic (exact) mass is 270 g/mol. The average molecular weight is 271 g/mol. The Bertz CT molecular complexity index is 392. The SMILES string of the molecule is COC(=O)c1cccc(NC2CCNCC2)c1.Cl. The lowest BCUT2D eigenvalue weighted by molar-refractivity contribution is 0.0601. The molecule has 100 valence electrons. The van der Waals surface area contributed by atoms with E-state index in [-0.39, 0.29) is 18.4 Å². The van der Waals surface area contributed by atoms with Gasteiger partial charge in [-0.2, -0.15) is 0 Å². The zero-order valence-corrected chi connectivity index (χ0v) is 11.3. The molecule has 1 aromatic carbocycles. The number of rotatable bonds is 3. The Labute approximate surface area is 114 Å². The van der Waals surface area contributed by atoms with E-state index in [0.29, 0.717) is 11.6 Å². The highest BCUT2D eigenvalue weighted by molar-refractivity contribution is 5.90. The minimum absolute atomic E-state index is 0. The van der Waals surface area contributed by atoms with Crippen molar-refractivity contribution >= 4 is 24.1 Å². The van der Waals surface area contributed by atoms with Crippen LogP contribution < -0.4 is 10.6 Å². The van der Waals surface area contributed by atoms with Crippen LogP contribution in [0, 0.1) is 0 Å². The number of ether oxygens (including phenoxy) is 1. The van der Waals surface area contributed by atoms with E-state index in [1.165, 1.54) is 7.11 Å². The Morgan fingerprint density at radius 3 is 2.78 bits per heavy atom. The number of esters is 1. The molecule has 1 aliphatic heterocycles. The Kier molecular flexibility index (Phi) is 5.95. The zero-order chi connectivity index (χ0) is 12.1. The molecule has 1 aliphatic rings. The summed E-state index contributed by atoms with van der Waals surface area (Å²) in [6, 6.07) is 7.95. The molecule has 4 nitrogen and oxygen atoms in total. The van der Waals surface area contributed by atoms with Crippen LogP contribution in [0.15, 0.2) is 24.3 Å². The van der Waals surface area contributed by atoms with Gasteiger partial charge in [0, 0.05) is 11.7 Å². The molecule has 0 amide bonds. The van der Waals surface area contributed by atoms with Gasteiger partial charge in [-0.25, -0.2) is 4.79 Å². The Morgan fingerprint density at radius 2 is 2.11 bits per heavy atom. The van der Waals surface area contributed by atoms with Gasteiger partial charge >= 0.3 is 5.97 Å². The standard InChI is InChI=1S/C13H18N2O2.ClH/c1-17-13(16)10-3-2-4-12(9-10)15-11-5-7-14-8-6-11;/h2-4,9,11,14-15H,5-8H2,1H3;1H. The molecule has 0 saturated carbocycles. The normalized spacial score (nSPS) is 15.6. The maximum atomic E-state index is 11.4. The third kappa shape index (κ3) is 3.89. The first-order valence-electron chi connectivity index (χ1n) is 5.95. The van der Waals surface area contributed by atoms with Gasteiger partial charge in [0.05, 0.1) is 12.7 Å².